The predicted octanol–water partition coefficient (Wildman–Crippen LogP) is 1.94. The zero-order valence-electron chi connectivity index (χ0n) is 12.2. The van der Waals surface area contributed by atoms with Crippen LogP contribution in [0.4, 0.5) is 5.69 Å². The van der Waals surface area contributed by atoms with Gasteiger partial charge in [0.1, 0.15) is 0 Å². The summed E-state index contributed by atoms with van der Waals surface area (Å²) in [5.41, 5.74) is 1.89. The van der Waals surface area contributed by atoms with Gasteiger partial charge in [0.15, 0.2) is 0 Å². The Labute approximate surface area is 123 Å². The molecule has 0 unspecified atom stereocenters. The molecule has 0 aliphatic carbocycles. The molecule has 0 aromatic heterocycles. The fourth-order valence-corrected chi connectivity index (χ4v) is 1.77. The Balaban J connectivity index is 2.69. The summed E-state index contributed by atoms with van der Waals surface area (Å²) >= 11 is 0. The zero-order chi connectivity index (χ0) is 15.8. The number of anilines is 1. The first-order chi connectivity index (χ1) is 9.93. The first-order valence-electron chi connectivity index (χ1n) is 6.84. The molecule has 0 radical (unpaired) electrons. The summed E-state index contributed by atoms with van der Waals surface area (Å²) in [6.07, 6.45) is 0.388. The average Bonchev–Trinajstić information content (AvgIpc) is 2.41. The number of carbonyl (C=O) groups excluding carboxylic acids is 2. The summed E-state index contributed by atoms with van der Waals surface area (Å²) in [5, 5.41) is 13.9. The monoisotopic (exact) mass is 292 g/mol. The minimum atomic E-state index is -0.919. The Hall–Kier alpha value is -2.37. The summed E-state index contributed by atoms with van der Waals surface area (Å²) < 4.78 is 0. The van der Waals surface area contributed by atoms with Crippen molar-refractivity contribution >= 4 is 23.5 Å². The van der Waals surface area contributed by atoms with Crippen molar-refractivity contribution in [3.8, 4) is 0 Å². The number of carbonyl (C=O) groups is 3. The van der Waals surface area contributed by atoms with Gasteiger partial charge in [-0.25, -0.2) is 0 Å². The van der Waals surface area contributed by atoms with Crippen molar-refractivity contribution in [2.75, 3.05) is 11.9 Å². The van der Waals surface area contributed by atoms with Crippen molar-refractivity contribution in [1.82, 2.24) is 5.32 Å². The minimum Gasteiger partial charge on any atom is -0.481 e. The molecule has 0 bridgehead atoms. The number of nitrogens with one attached hydrogen (secondary N) is 2. The second-order valence-electron chi connectivity index (χ2n) is 4.68. The van der Waals surface area contributed by atoms with Crippen LogP contribution in [0.15, 0.2) is 18.2 Å². The summed E-state index contributed by atoms with van der Waals surface area (Å²) in [4.78, 5) is 33.9. The molecule has 0 spiro atoms. The van der Waals surface area contributed by atoms with E-state index in [0.29, 0.717) is 17.8 Å². The van der Waals surface area contributed by atoms with E-state index < -0.39 is 5.97 Å². The van der Waals surface area contributed by atoms with Crippen LogP contribution >= 0.6 is 0 Å². The van der Waals surface area contributed by atoms with Gasteiger partial charge in [0.05, 0.1) is 0 Å². The van der Waals surface area contributed by atoms with Crippen LogP contribution in [-0.2, 0) is 9.59 Å². The topological polar surface area (TPSA) is 95.5 Å². The molecule has 3 N–H and O–H groups in total. The van der Waals surface area contributed by atoms with E-state index in [2.05, 4.69) is 10.6 Å². The van der Waals surface area contributed by atoms with Crippen molar-refractivity contribution < 1.29 is 19.5 Å². The number of hydrogen-bond donors (Lipinski definition) is 3. The number of carboxylic acids is 1. The van der Waals surface area contributed by atoms with Gasteiger partial charge in [-0.2, -0.15) is 0 Å². The summed E-state index contributed by atoms with van der Waals surface area (Å²) in [6.45, 7) is 4.19. The highest BCUT2D eigenvalue weighted by Crippen LogP contribution is 2.17. The Morgan fingerprint density at radius 3 is 2.52 bits per heavy atom. The van der Waals surface area contributed by atoms with Crippen LogP contribution in [0, 0.1) is 6.92 Å². The van der Waals surface area contributed by atoms with E-state index in [4.69, 9.17) is 5.11 Å². The van der Waals surface area contributed by atoms with Crippen molar-refractivity contribution in [2.24, 2.45) is 0 Å². The van der Waals surface area contributed by atoms with E-state index in [0.717, 1.165) is 5.56 Å². The Kier molecular flexibility index (Phi) is 6.39. The van der Waals surface area contributed by atoms with Crippen molar-refractivity contribution in [3.63, 3.8) is 0 Å². The molecular weight excluding hydrogens is 272 g/mol. The van der Waals surface area contributed by atoms with Gasteiger partial charge in [0, 0.05) is 30.6 Å². The molecule has 0 aliphatic heterocycles. The molecule has 0 aliphatic rings. The second-order valence-corrected chi connectivity index (χ2v) is 4.68. The predicted molar refractivity (Wildman–Crippen MR) is 79.3 cm³/mol. The van der Waals surface area contributed by atoms with E-state index in [9.17, 15) is 14.4 Å². The summed E-state index contributed by atoms with van der Waals surface area (Å²) in [5.74, 6) is -1.37. The molecular formula is C15H20N2O4. The third kappa shape index (κ3) is 5.64. The maximum Gasteiger partial charge on any atom is 0.303 e. The molecule has 2 amide bonds. The Morgan fingerprint density at radius 2 is 1.90 bits per heavy atom. The number of rotatable bonds is 7. The van der Waals surface area contributed by atoms with Gasteiger partial charge >= 0.3 is 5.97 Å². The average molecular weight is 292 g/mol. The fraction of sp³-hybridized carbons (Fsp3) is 0.400. The maximum absolute atomic E-state index is 11.8. The fourth-order valence-electron chi connectivity index (χ4n) is 1.77. The largest absolute Gasteiger partial charge is 0.481 e. The maximum atomic E-state index is 11.8. The second kappa shape index (κ2) is 8.04. The standard InChI is InChI=1S/C15H20N2O4/c1-3-16-15(21)11-8-7-10(2)12(9-11)17-13(18)5-4-6-14(19)20/h7-9H,3-6H2,1-2H3,(H,16,21)(H,17,18)(H,19,20). The molecule has 1 aromatic rings. The smallest absolute Gasteiger partial charge is 0.303 e. The Morgan fingerprint density at radius 1 is 1.19 bits per heavy atom. The summed E-state index contributed by atoms with van der Waals surface area (Å²) in [6, 6.07) is 5.08. The molecule has 0 saturated heterocycles. The SMILES string of the molecule is CCNC(=O)c1ccc(C)c(NC(=O)CCCC(=O)O)c1. The van der Waals surface area contributed by atoms with E-state index in [1.807, 2.05) is 13.8 Å². The number of aliphatic carboxylic acids is 1. The van der Waals surface area contributed by atoms with Crippen LogP contribution in [0.2, 0.25) is 0 Å². The lowest BCUT2D eigenvalue weighted by atomic mass is 10.1. The van der Waals surface area contributed by atoms with Gasteiger partial charge in [0.2, 0.25) is 5.91 Å². The van der Waals surface area contributed by atoms with Crippen LogP contribution in [0.3, 0.4) is 0 Å². The molecule has 0 fully saturated rings. The van der Waals surface area contributed by atoms with E-state index in [-0.39, 0.29) is 31.1 Å². The lowest BCUT2D eigenvalue weighted by molar-refractivity contribution is -0.137. The number of aryl methyl sites for hydroxylation is 1. The number of carboxylic acid groups (broad SMARTS) is 1. The molecule has 6 heteroatoms. The van der Waals surface area contributed by atoms with Gasteiger partial charge in [-0.1, -0.05) is 6.07 Å². The minimum absolute atomic E-state index is 0.0364. The first kappa shape index (κ1) is 16.7. The van der Waals surface area contributed by atoms with Gasteiger partial charge in [-0.3, -0.25) is 14.4 Å². The normalized spacial score (nSPS) is 10.0. The van der Waals surface area contributed by atoms with Gasteiger partial charge < -0.3 is 15.7 Å². The molecule has 21 heavy (non-hydrogen) atoms. The van der Waals surface area contributed by atoms with Crippen LogP contribution < -0.4 is 10.6 Å². The van der Waals surface area contributed by atoms with Gasteiger partial charge in [-0.05, 0) is 38.0 Å². The zero-order valence-corrected chi connectivity index (χ0v) is 12.2. The highest BCUT2D eigenvalue weighted by molar-refractivity contribution is 5.97. The number of benzene rings is 1. The number of hydrogen-bond acceptors (Lipinski definition) is 3. The van der Waals surface area contributed by atoms with Crippen LogP contribution in [0.5, 0.6) is 0 Å². The van der Waals surface area contributed by atoms with Crippen LogP contribution in [0.1, 0.15) is 42.1 Å². The lowest BCUT2D eigenvalue weighted by Gasteiger charge is -2.10. The van der Waals surface area contributed by atoms with E-state index >= 15 is 0 Å². The highest BCUT2D eigenvalue weighted by Gasteiger charge is 2.10. The first-order valence-corrected chi connectivity index (χ1v) is 6.84. The van der Waals surface area contributed by atoms with Crippen molar-refractivity contribution in [3.05, 3.63) is 29.3 Å². The molecule has 0 heterocycles. The molecule has 6 nitrogen and oxygen atoms in total. The van der Waals surface area contributed by atoms with E-state index in [1.54, 1.807) is 18.2 Å². The molecule has 114 valence electrons. The molecule has 1 rings (SSSR count). The Bertz CT molecular complexity index is 540. The van der Waals surface area contributed by atoms with Gasteiger partial charge in [-0.15, -0.1) is 0 Å². The third-order valence-corrected chi connectivity index (χ3v) is 2.91. The molecule has 0 saturated carbocycles. The molecule has 0 atom stereocenters. The third-order valence-electron chi connectivity index (χ3n) is 2.91. The number of amides is 2. The summed E-state index contributed by atoms with van der Waals surface area (Å²) in [7, 11) is 0. The quantitative estimate of drug-likeness (QED) is 0.715. The lowest BCUT2D eigenvalue weighted by Crippen LogP contribution is -2.23. The van der Waals surface area contributed by atoms with Crippen molar-refractivity contribution in [2.45, 2.75) is 33.1 Å². The van der Waals surface area contributed by atoms with E-state index in [1.165, 1.54) is 0 Å². The van der Waals surface area contributed by atoms with Crippen LogP contribution in [0.25, 0.3) is 0 Å². The van der Waals surface area contributed by atoms with Gasteiger partial charge in [0.25, 0.3) is 5.91 Å². The van der Waals surface area contributed by atoms with Crippen molar-refractivity contribution in [1.29, 1.82) is 0 Å². The highest BCUT2D eigenvalue weighted by atomic mass is 16.4. The molecule has 1 aromatic carbocycles. The van der Waals surface area contributed by atoms with Crippen LogP contribution in [-0.4, -0.2) is 29.4 Å².